The molecule has 0 spiro atoms. The average Bonchev–Trinajstić information content (AvgIpc) is 2.66. The summed E-state index contributed by atoms with van der Waals surface area (Å²) in [5, 5.41) is 3.56. The van der Waals surface area contributed by atoms with Crippen LogP contribution in [-0.2, 0) is 6.54 Å². The second-order valence-electron chi connectivity index (χ2n) is 4.90. The van der Waals surface area contributed by atoms with Crippen molar-refractivity contribution in [2.45, 2.75) is 32.7 Å². The van der Waals surface area contributed by atoms with E-state index in [1.165, 1.54) is 31.4 Å². The average molecular weight is 203 g/mol. The fourth-order valence-corrected chi connectivity index (χ4v) is 2.53. The van der Waals surface area contributed by atoms with Crippen molar-refractivity contribution in [3.05, 3.63) is 35.9 Å². The number of hydrogen-bond acceptors (Lipinski definition) is 1. The van der Waals surface area contributed by atoms with Gasteiger partial charge in [-0.15, -0.1) is 0 Å². The summed E-state index contributed by atoms with van der Waals surface area (Å²) in [6.07, 6.45) is 4.27. The van der Waals surface area contributed by atoms with Crippen LogP contribution >= 0.6 is 0 Å². The van der Waals surface area contributed by atoms with E-state index in [9.17, 15) is 0 Å². The van der Waals surface area contributed by atoms with Crippen molar-refractivity contribution in [2.75, 3.05) is 6.54 Å². The van der Waals surface area contributed by atoms with Gasteiger partial charge in [-0.1, -0.05) is 43.7 Å². The Hall–Kier alpha value is -0.820. The standard InChI is InChI=1S/C14H21N/c1-12-7-8-14(9-12)11-15-10-13-5-3-2-4-6-13/h2-6,12,14-15H,7-11H2,1H3. The van der Waals surface area contributed by atoms with Crippen molar-refractivity contribution in [3.8, 4) is 0 Å². The van der Waals surface area contributed by atoms with Crippen molar-refractivity contribution in [2.24, 2.45) is 11.8 Å². The zero-order chi connectivity index (χ0) is 10.5. The summed E-state index contributed by atoms with van der Waals surface area (Å²) in [5.41, 5.74) is 1.39. The van der Waals surface area contributed by atoms with Crippen molar-refractivity contribution in [3.63, 3.8) is 0 Å². The Morgan fingerprint density at radius 1 is 1.20 bits per heavy atom. The molecule has 2 atom stereocenters. The monoisotopic (exact) mass is 203 g/mol. The molecule has 2 unspecified atom stereocenters. The first kappa shape index (κ1) is 10.7. The zero-order valence-electron chi connectivity index (χ0n) is 9.58. The summed E-state index contributed by atoms with van der Waals surface area (Å²) in [6.45, 7) is 4.59. The highest BCUT2D eigenvalue weighted by molar-refractivity contribution is 5.14. The van der Waals surface area contributed by atoms with Gasteiger partial charge in [-0.2, -0.15) is 0 Å². The van der Waals surface area contributed by atoms with E-state index in [0.717, 1.165) is 18.4 Å². The lowest BCUT2D eigenvalue weighted by Gasteiger charge is -2.10. The number of rotatable bonds is 4. The molecule has 1 aliphatic carbocycles. The van der Waals surface area contributed by atoms with E-state index in [1.54, 1.807) is 0 Å². The summed E-state index contributed by atoms with van der Waals surface area (Å²) >= 11 is 0. The van der Waals surface area contributed by atoms with Gasteiger partial charge in [-0.25, -0.2) is 0 Å². The Kier molecular flexibility index (Phi) is 3.79. The molecular weight excluding hydrogens is 182 g/mol. The Morgan fingerprint density at radius 2 is 2.00 bits per heavy atom. The summed E-state index contributed by atoms with van der Waals surface area (Å²) in [5.74, 6) is 1.87. The molecule has 0 aromatic heterocycles. The SMILES string of the molecule is CC1CCC(CNCc2ccccc2)C1. The van der Waals surface area contributed by atoms with Gasteiger partial charge in [0.2, 0.25) is 0 Å². The fraction of sp³-hybridized carbons (Fsp3) is 0.571. The molecule has 0 saturated heterocycles. The van der Waals surface area contributed by atoms with Gasteiger partial charge in [0.25, 0.3) is 0 Å². The molecule has 0 radical (unpaired) electrons. The van der Waals surface area contributed by atoms with Gasteiger partial charge < -0.3 is 5.32 Å². The van der Waals surface area contributed by atoms with Crippen molar-refractivity contribution >= 4 is 0 Å². The van der Waals surface area contributed by atoms with Crippen molar-refractivity contribution in [1.29, 1.82) is 0 Å². The molecule has 1 aromatic carbocycles. The van der Waals surface area contributed by atoms with E-state index >= 15 is 0 Å². The Labute approximate surface area is 92.9 Å². The summed E-state index contributed by atoms with van der Waals surface area (Å²) in [4.78, 5) is 0. The van der Waals surface area contributed by atoms with Gasteiger partial charge >= 0.3 is 0 Å². The highest BCUT2D eigenvalue weighted by Gasteiger charge is 2.20. The second kappa shape index (κ2) is 5.32. The third kappa shape index (κ3) is 3.35. The molecule has 82 valence electrons. The maximum Gasteiger partial charge on any atom is 0.0205 e. The molecule has 2 rings (SSSR count). The number of hydrogen-bond donors (Lipinski definition) is 1. The van der Waals surface area contributed by atoms with E-state index in [-0.39, 0.29) is 0 Å². The van der Waals surface area contributed by atoms with Crippen LogP contribution in [-0.4, -0.2) is 6.54 Å². The molecule has 1 fully saturated rings. The molecule has 0 heterocycles. The van der Waals surface area contributed by atoms with Gasteiger partial charge in [-0.05, 0) is 36.8 Å². The molecule has 1 aliphatic rings. The minimum Gasteiger partial charge on any atom is -0.312 e. The Balaban J connectivity index is 1.67. The maximum atomic E-state index is 3.56. The van der Waals surface area contributed by atoms with E-state index in [1.807, 2.05) is 0 Å². The van der Waals surface area contributed by atoms with Crippen LogP contribution in [0.25, 0.3) is 0 Å². The summed E-state index contributed by atoms with van der Waals surface area (Å²) in [7, 11) is 0. The lowest BCUT2D eigenvalue weighted by atomic mass is 10.1. The van der Waals surface area contributed by atoms with Crippen LogP contribution in [0.1, 0.15) is 31.7 Å². The summed E-state index contributed by atoms with van der Waals surface area (Å²) < 4.78 is 0. The highest BCUT2D eigenvalue weighted by atomic mass is 14.9. The third-order valence-corrected chi connectivity index (χ3v) is 3.41. The third-order valence-electron chi connectivity index (χ3n) is 3.41. The molecule has 1 aromatic rings. The lowest BCUT2D eigenvalue weighted by molar-refractivity contribution is 0.470. The van der Waals surface area contributed by atoms with Gasteiger partial charge in [0.05, 0.1) is 0 Å². The first-order chi connectivity index (χ1) is 7.34. The predicted octanol–water partition coefficient (Wildman–Crippen LogP) is 3.21. The molecule has 1 saturated carbocycles. The van der Waals surface area contributed by atoms with Crippen LogP contribution in [0.4, 0.5) is 0 Å². The molecule has 0 bridgehead atoms. The zero-order valence-corrected chi connectivity index (χ0v) is 9.58. The van der Waals surface area contributed by atoms with Gasteiger partial charge in [0.1, 0.15) is 0 Å². The molecule has 15 heavy (non-hydrogen) atoms. The minimum atomic E-state index is 0.920. The summed E-state index contributed by atoms with van der Waals surface area (Å²) in [6, 6.07) is 10.7. The van der Waals surface area contributed by atoms with E-state index in [2.05, 4.69) is 42.6 Å². The molecule has 0 aliphatic heterocycles. The van der Waals surface area contributed by atoms with E-state index in [4.69, 9.17) is 0 Å². The second-order valence-corrected chi connectivity index (χ2v) is 4.90. The fourth-order valence-electron chi connectivity index (χ4n) is 2.53. The topological polar surface area (TPSA) is 12.0 Å². The van der Waals surface area contributed by atoms with Crippen molar-refractivity contribution < 1.29 is 0 Å². The largest absolute Gasteiger partial charge is 0.312 e. The minimum absolute atomic E-state index is 0.920. The molecule has 1 N–H and O–H groups in total. The van der Waals surface area contributed by atoms with Gasteiger partial charge in [-0.3, -0.25) is 0 Å². The van der Waals surface area contributed by atoms with Gasteiger partial charge in [0, 0.05) is 6.54 Å². The molecule has 0 amide bonds. The highest BCUT2D eigenvalue weighted by Crippen LogP contribution is 2.29. The number of benzene rings is 1. The normalized spacial score (nSPS) is 25.7. The van der Waals surface area contributed by atoms with Crippen molar-refractivity contribution in [1.82, 2.24) is 5.32 Å². The molecular formula is C14H21N. The van der Waals surface area contributed by atoms with Crippen LogP contribution in [0, 0.1) is 11.8 Å². The first-order valence-corrected chi connectivity index (χ1v) is 6.09. The van der Waals surface area contributed by atoms with Crippen LogP contribution < -0.4 is 5.32 Å². The van der Waals surface area contributed by atoms with E-state index in [0.29, 0.717) is 0 Å². The quantitative estimate of drug-likeness (QED) is 0.792. The van der Waals surface area contributed by atoms with Crippen LogP contribution in [0.15, 0.2) is 30.3 Å². The van der Waals surface area contributed by atoms with E-state index < -0.39 is 0 Å². The first-order valence-electron chi connectivity index (χ1n) is 6.09. The van der Waals surface area contributed by atoms with Crippen LogP contribution in [0.5, 0.6) is 0 Å². The van der Waals surface area contributed by atoms with Crippen LogP contribution in [0.3, 0.4) is 0 Å². The van der Waals surface area contributed by atoms with Gasteiger partial charge in [0.15, 0.2) is 0 Å². The maximum absolute atomic E-state index is 3.56. The Bertz CT molecular complexity index is 281. The van der Waals surface area contributed by atoms with Crippen LogP contribution in [0.2, 0.25) is 0 Å². The predicted molar refractivity (Wildman–Crippen MR) is 64.7 cm³/mol. The number of nitrogens with one attached hydrogen (secondary N) is 1. The Morgan fingerprint density at radius 3 is 2.67 bits per heavy atom. The smallest absolute Gasteiger partial charge is 0.0205 e. The lowest BCUT2D eigenvalue weighted by Crippen LogP contribution is -2.20. The molecule has 1 heteroatoms. The molecule has 1 nitrogen and oxygen atoms in total.